The molecule has 0 spiro atoms. The van der Waals surface area contributed by atoms with Crippen molar-refractivity contribution in [2.45, 2.75) is 19.3 Å². The van der Waals surface area contributed by atoms with Gasteiger partial charge in [0, 0.05) is 29.9 Å². The number of benzene rings is 2. The smallest absolute Gasteiger partial charge is 0.349 e. The number of allylic oxidation sites excluding steroid dienone is 1. The molecular formula is C25H24N2O4. The van der Waals surface area contributed by atoms with Crippen LogP contribution in [0, 0.1) is 11.3 Å². The van der Waals surface area contributed by atoms with Crippen molar-refractivity contribution in [3.05, 3.63) is 77.0 Å². The molecule has 1 aliphatic rings. The van der Waals surface area contributed by atoms with E-state index >= 15 is 0 Å². The van der Waals surface area contributed by atoms with Crippen LogP contribution in [0.15, 0.2) is 65.9 Å². The molecule has 31 heavy (non-hydrogen) atoms. The molecule has 2 aromatic carbocycles. The number of nitriles is 1. The van der Waals surface area contributed by atoms with Gasteiger partial charge in [-0.15, -0.1) is 0 Å². The molecule has 1 heterocycles. The summed E-state index contributed by atoms with van der Waals surface area (Å²) in [4.78, 5) is 26.8. The van der Waals surface area contributed by atoms with Gasteiger partial charge in [-0.2, -0.15) is 5.26 Å². The lowest BCUT2D eigenvalue weighted by atomic mass is 9.83. The SMILES string of the molecule is COc1ccc(/C=C(\C#N)C(=O)OCC(=O)/C=C2\N(C)c3ccccc3C2(C)C)cc1. The van der Waals surface area contributed by atoms with Gasteiger partial charge in [0.15, 0.2) is 12.4 Å². The molecule has 0 atom stereocenters. The summed E-state index contributed by atoms with van der Waals surface area (Å²) in [6.45, 7) is 3.65. The number of ketones is 1. The van der Waals surface area contributed by atoms with Gasteiger partial charge in [0.1, 0.15) is 17.4 Å². The molecule has 6 nitrogen and oxygen atoms in total. The van der Waals surface area contributed by atoms with Gasteiger partial charge in [-0.05, 0) is 35.4 Å². The topological polar surface area (TPSA) is 79.6 Å². The third-order valence-corrected chi connectivity index (χ3v) is 5.35. The fraction of sp³-hybridized carbons (Fsp3) is 0.240. The second-order valence-corrected chi connectivity index (χ2v) is 7.72. The number of anilines is 1. The standard InChI is InChI=1S/C25H24N2O4/c1-25(2)21-7-5-6-8-22(21)27(3)23(25)14-19(28)16-31-24(29)18(15-26)13-17-9-11-20(30-4)12-10-17/h5-14H,16H2,1-4H3/b18-13+,23-14-. The zero-order valence-electron chi connectivity index (χ0n) is 18.0. The van der Waals surface area contributed by atoms with Crippen molar-refractivity contribution in [3.63, 3.8) is 0 Å². The monoisotopic (exact) mass is 416 g/mol. The van der Waals surface area contributed by atoms with Crippen molar-refractivity contribution in [2.75, 3.05) is 25.7 Å². The second kappa shape index (κ2) is 8.88. The first-order valence-electron chi connectivity index (χ1n) is 9.79. The van der Waals surface area contributed by atoms with Crippen LogP contribution < -0.4 is 9.64 Å². The zero-order chi connectivity index (χ0) is 22.6. The van der Waals surface area contributed by atoms with Gasteiger partial charge in [-0.25, -0.2) is 4.79 Å². The van der Waals surface area contributed by atoms with E-state index < -0.39 is 12.6 Å². The summed E-state index contributed by atoms with van der Waals surface area (Å²) in [6, 6.07) is 16.7. The fourth-order valence-electron chi connectivity index (χ4n) is 3.67. The molecule has 0 amide bonds. The highest BCUT2D eigenvalue weighted by molar-refractivity contribution is 6.00. The van der Waals surface area contributed by atoms with Crippen LogP contribution in [0.3, 0.4) is 0 Å². The fourth-order valence-corrected chi connectivity index (χ4v) is 3.67. The average molecular weight is 416 g/mol. The number of hydrogen-bond donors (Lipinski definition) is 0. The first-order valence-corrected chi connectivity index (χ1v) is 9.79. The van der Waals surface area contributed by atoms with E-state index in [2.05, 4.69) is 0 Å². The Hall–Kier alpha value is -3.85. The average Bonchev–Trinajstić information content (AvgIpc) is 2.97. The van der Waals surface area contributed by atoms with Gasteiger partial charge in [0.2, 0.25) is 0 Å². The largest absolute Gasteiger partial charge is 0.497 e. The highest BCUT2D eigenvalue weighted by Gasteiger charge is 2.38. The first kappa shape index (κ1) is 21.8. The van der Waals surface area contributed by atoms with Crippen molar-refractivity contribution >= 4 is 23.5 Å². The highest BCUT2D eigenvalue weighted by atomic mass is 16.5. The van der Waals surface area contributed by atoms with Crippen molar-refractivity contribution in [2.24, 2.45) is 0 Å². The molecule has 6 heteroatoms. The number of fused-ring (bicyclic) bond motifs is 1. The molecule has 0 unspecified atom stereocenters. The van der Waals surface area contributed by atoms with Crippen molar-refractivity contribution in [3.8, 4) is 11.8 Å². The number of esters is 1. The van der Waals surface area contributed by atoms with Gasteiger partial charge in [0.25, 0.3) is 0 Å². The Balaban J connectivity index is 1.69. The van der Waals surface area contributed by atoms with E-state index in [0.29, 0.717) is 11.3 Å². The Morgan fingerprint density at radius 1 is 1.13 bits per heavy atom. The lowest BCUT2D eigenvalue weighted by molar-refractivity contribution is -0.142. The third kappa shape index (κ3) is 4.51. The van der Waals surface area contributed by atoms with E-state index in [0.717, 1.165) is 16.9 Å². The van der Waals surface area contributed by atoms with E-state index in [1.165, 1.54) is 12.2 Å². The van der Waals surface area contributed by atoms with Crippen LogP contribution in [0.25, 0.3) is 6.08 Å². The van der Waals surface area contributed by atoms with E-state index in [9.17, 15) is 14.9 Å². The predicted molar refractivity (Wildman–Crippen MR) is 119 cm³/mol. The van der Waals surface area contributed by atoms with Gasteiger partial charge in [-0.3, -0.25) is 4.79 Å². The van der Waals surface area contributed by atoms with Crippen LogP contribution in [0.2, 0.25) is 0 Å². The Morgan fingerprint density at radius 2 is 1.81 bits per heavy atom. The molecule has 0 N–H and O–H groups in total. The van der Waals surface area contributed by atoms with Gasteiger partial charge < -0.3 is 14.4 Å². The van der Waals surface area contributed by atoms with E-state index in [4.69, 9.17) is 9.47 Å². The molecule has 2 aromatic rings. The number of likely N-dealkylation sites (N-methyl/N-ethyl adjacent to an activating group) is 1. The van der Waals surface area contributed by atoms with Crippen LogP contribution in [0.5, 0.6) is 5.75 Å². The summed E-state index contributed by atoms with van der Waals surface area (Å²) in [7, 11) is 3.46. The number of nitrogens with zero attached hydrogens (tertiary/aromatic N) is 2. The summed E-state index contributed by atoms with van der Waals surface area (Å²) < 4.78 is 10.2. The summed E-state index contributed by atoms with van der Waals surface area (Å²) in [6.07, 6.45) is 2.92. The Bertz CT molecular complexity index is 1110. The van der Waals surface area contributed by atoms with Crippen LogP contribution in [0.1, 0.15) is 25.0 Å². The summed E-state index contributed by atoms with van der Waals surface area (Å²) in [5.74, 6) is -0.524. The van der Waals surface area contributed by atoms with E-state index in [1.54, 1.807) is 31.4 Å². The molecule has 0 radical (unpaired) electrons. The minimum absolute atomic E-state index is 0.184. The Labute approximate surface area is 182 Å². The molecule has 3 rings (SSSR count). The van der Waals surface area contributed by atoms with Gasteiger partial charge in [-0.1, -0.05) is 44.2 Å². The van der Waals surface area contributed by atoms with Crippen molar-refractivity contribution in [1.29, 1.82) is 5.26 Å². The summed E-state index contributed by atoms with van der Waals surface area (Å²) in [5, 5.41) is 9.31. The molecule has 0 aliphatic carbocycles. The maximum Gasteiger partial charge on any atom is 0.349 e. The number of carbonyl (C=O) groups is 2. The lowest BCUT2D eigenvalue weighted by Crippen LogP contribution is -2.25. The Morgan fingerprint density at radius 3 is 2.42 bits per heavy atom. The molecule has 158 valence electrons. The number of methoxy groups -OCH3 is 1. The summed E-state index contributed by atoms with van der Waals surface area (Å²) in [5.41, 5.74) is 3.10. The number of rotatable bonds is 6. The van der Waals surface area contributed by atoms with Gasteiger partial charge in [0.05, 0.1) is 7.11 Å². The van der Waals surface area contributed by atoms with Crippen LogP contribution in [0.4, 0.5) is 5.69 Å². The second-order valence-electron chi connectivity index (χ2n) is 7.72. The van der Waals surface area contributed by atoms with Crippen LogP contribution >= 0.6 is 0 Å². The van der Waals surface area contributed by atoms with Crippen LogP contribution in [-0.4, -0.2) is 32.5 Å². The first-order chi connectivity index (χ1) is 14.8. The minimum Gasteiger partial charge on any atom is -0.497 e. The normalized spacial score (nSPS) is 15.9. The van der Waals surface area contributed by atoms with Crippen molar-refractivity contribution < 1.29 is 19.1 Å². The maximum atomic E-state index is 12.5. The number of carbonyl (C=O) groups excluding carboxylic acids is 2. The van der Waals surface area contributed by atoms with E-state index in [1.807, 2.05) is 56.1 Å². The quantitative estimate of drug-likeness (QED) is 0.402. The minimum atomic E-state index is -0.840. The predicted octanol–water partition coefficient (Wildman–Crippen LogP) is 4.03. The molecule has 0 aromatic heterocycles. The van der Waals surface area contributed by atoms with Gasteiger partial charge >= 0.3 is 5.97 Å². The number of para-hydroxylation sites is 1. The zero-order valence-corrected chi connectivity index (χ0v) is 18.0. The molecule has 1 aliphatic heterocycles. The summed E-state index contributed by atoms with van der Waals surface area (Å²) >= 11 is 0. The van der Waals surface area contributed by atoms with E-state index in [-0.39, 0.29) is 16.8 Å². The number of ether oxygens (including phenoxy) is 2. The maximum absolute atomic E-state index is 12.5. The molecule has 0 bridgehead atoms. The number of hydrogen-bond acceptors (Lipinski definition) is 6. The lowest BCUT2D eigenvalue weighted by Gasteiger charge is -2.23. The van der Waals surface area contributed by atoms with Crippen LogP contribution in [-0.2, 0) is 19.7 Å². The molecular weight excluding hydrogens is 392 g/mol. The molecule has 0 saturated carbocycles. The molecule has 0 saturated heterocycles. The highest BCUT2D eigenvalue weighted by Crippen LogP contribution is 2.46. The van der Waals surface area contributed by atoms with Crippen molar-refractivity contribution in [1.82, 2.24) is 0 Å². The Kier molecular flexibility index (Phi) is 6.26. The third-order valence-electron chi connectivity index (χ3n) is 5.35. The molecule has 0 fully saturated rings.